The molecular formula is C16H27N3S. The zero-order chi connectivity index (χ0) is 14.3. The largest absolute Gasteiger partial charge is 0.383 e. The van der Waals surface area contributed by atoms with E-state index in [1.807, 2.05) is 18.0 Å². The van der Waals surface area contributed by atoms with Gasteiger partial charge < -0.3 is 10.6 Å². The van der Waals surface area contributed by atoms with Crippen molar-refractivity contribution in [1.29, 1.82) is 0 Å². The SMILES string of the molecule is CCCNc1cc(NCC2(SC)CCCCC2)ccn1. The lowest BCUT2D eigenvalue weighted by molar-refractivity contribution is 0.411. The molecule has 1 aromatic rings. The van der Waals surface area contributed by atoms with Crippen LogP contribution in [0, 0.1) is 0 Å². The highest BCUT2D eigenvalue weighted by atomic mass is 32.2. The van der Waals surface area contributed by atoms with Crippen LogP contribution in [-0.2, 0) is 0 Å². The van der Waals surface area contributed by atoms with E-state index in [-0.39, 0.29) is 0 Å². The smallest absolute Gasteiger partial charge is 0.127 e. The summed E-state index contributed by atoms with van der Waals surface area (Å²) in [6.07, 6.45) is 12.1. The maximum absolute atomic E-state index is 4.35. The van der Waals surface area contributed by atoms with Crippen LogP contribution in [0.15, 0.2) is 18.3 Å². The Morgan fingerprint density at radius 1 is 1.25 bits per heavy atom. The first-order valence-electron chi connectivity index (χ1n) is 7.77. The summed E-state index contributed by atoms with van der Waals surface area (Å²) in [5, 5.41) is 6.96. The molecule has 3 nitrogen and oxygen atoms in total. The van der Waals surface area contributed by atoms with Crippen LogP contribution in [-0.4, -0.2) is 29.1 Å². The van der Waals surface area contributed by atoms with Gasteiger partial charge in [0, 0.05) is 35.8 Å². The molecule has 0 atom stereocenters. The average Bonchev–Trinajstić information content (AvgIpc) is 2.52. The second-order valence-corrected chi connectivity index (χ2v) is 6.93. The third-order valence-corrected chi connectivity index (χ3v) is 5.55. The third-order valence-electron chi connectivity index (χ3n) is 4.13. The Balaban J connectivity index is 1.92. The number of hydrogen-bond donors (Lipinski definition) is 2. The minimum Gasteiger partial charge on any atom is -0.383 e. The van der Waals surface area contributed by atoms with Crippen molar-refractivity contribution in [2.24, 2.45) is 0 Å². The second kappa shape index (κ2) is 7.77. The minimum atomic E-state index is 0.429. The van der Waals surface area contributed by atoms with E-state index in [9.17, 15) is 0 Å². The highest BCUT2D eigenvalue weighted by Crippen LogP contribution is 2.38. The Hall–Kier alpha value is -0.900. The normalized spacial score (nSPS) is 17.7. The summed E-state index contributed by atoms with van der Waals surface area (Å²) in [6, 6.07) is 4.18. The first-order valence-corrected chi connectivity index (χ1v) is 8.99. The van der Waals surface area contributed by atoms with Crippen molar-refractivity contribution in [2.75, 3.05) is 30.0 Å². The van der Waals surface area contributed by atoms with E-state index in [4.69, 9.17) is 0 Å². The molecule has 0 aliphatic heterocycles. The van der Waals surface area contributed by atoms with Gasteiger partial charge in [0.1, 0.15) is 5.82 Å². The van der Waals surface area contributed by atoms with Gasteiger partial charge in [-0.25, -0.2) is 4.98 Å². The van der Waals surface area contributed by atoms with Crippen LogP contribution in [0.25, 0.3) is 0 Å². The molecule has 0 saturated heterocycles. The first-order chi connectivity index (χ1) is 9.78. The van der Waals surface area contributed by atoms with E-state index >= 15 is 0 Å². The number of aromatic nitrogens is 1. The van der Waals surface area contributed by atoms with Crippen molar-refractivity contribution < 1.29 is 0 Å². The topological polar surface area (TPSA) is 37.0 Å². The highest BCUT2D eigenvalue weighted by Gasteiger charge is 2.30. The molecule has 20 heavy (non-hydrogen) atoms. The molecule has 0 unspecified atom stereocenters. The van der Waals surface area contributed by atoms with Gasteiger partial charge in [-0.1, -0.05) is 26.2 Å². The molecule has 112 valence electrons. The molecule has 0 bridgehead atoms. The molecule has 1 aliphatic carbocycles. The van der Waals surface area contributed by atoms with E-state index in [1.54, 1.807) is 0 Å². The van der Waals surface area contributed by atoms with Gasteiger partial charge in [0.05, 0.1) is 0 Å². The van der Waals surface area contributed by atoms with Gasteiger partial charge in [-0.2, -0.15) is 11.8 Å². The summed E-state index contributed by atoms with van der Waals surface area (Å²) in [6.45, 7) is 4.21. The summed E-state index contributed by atoms with van der Waals surface area (Å²) < 4.78 is 0.429. The van der Waals surface area contributed by atoms with Gasteiger partial charge in [-0.3, -0.25) is 0 Å². The predicted molar refractivity (Wildman–Crippen MR) is 90.8 cm³/mol. The number of pyridine rings is 1. The van der Waals surface area contributed by atoms with Crippen LogP contribution in [0.2, 0.25) is 0 Å². The number of rotatable bonds is 7. The molecule has 1 saturated carbocycles. The van der Waals surface area contributed by atoms with Crippen molar-refractivity contribution in [1.82, 2.24) is 4.98 Å². The Morgan fingerprint density at radius 2 is 2.05 bits per heavy atom. The first kappa shape index (κ1) is 15.5. The fraction of sp³-hybridized carbons (Fsp3) is 0.688. The molecule has 2 N–H and O–H groups in total. The molecule has 1 aromatic heterocycles. The van der Waals surface area contributed by atoms with Crippen LogP contribution in [0.3, 0.4) is 0 Å². The lowest BCUT2D eigenvalue weighted by atomic mass is 9.88. The Bertz CT molecular complexity index is 402. The molecule has 0 aromatic carbocycles. The van der Waals surface area contributed by atoms with Crippen LogP contribution < -0.4 is 10.6 Å². The number of anilines is 2. The van der Waals surface area contributed by atoms with Gasteiger partial charge in [-0.05, 0) is 31.6 Å². The lowest BCUT2D eigenvalue weighted by Crippen LogP contribution is -2.35. The van der Waals surface area contributed by atoms with Crippen molar-refractivity contribution >= 4 is 23.3 Å². The fourth-order valence-corrected chi connectivity index (χ4v) is 3.72. The van der Waals surface area contributed by atoms with Gasteiger partial charge in [0.25, 0.3) is 0 Å². The number of nitrogens with zero attached hydrogens (tertiary/aromatic N) is 1. The molecule has 0 spiro atoms. The maximum atomic E-state index is 4.35. The molecule has 1 aliphatic rings. The third kappa shape index (κ3) is 4.30. The molecule has 4 heteroatoms. The van der Waals surface area contributed by atoms with Crippen LogP contribution >= 0.6 is 11.8 Å². The number of thioether (sulfide) groups is 1. The quantitative estimate of drug-likeness (QED) is 0.782. The van der Waals surface area contributed by atoms with Crippen molar-refractivity contribution in [2.45, 2.75) is 50.2 Å². The minimum absolute atomic E-state index is 0.429. The van der Waals surface area contributed by atoms with Gasteiger partial charge >= 0.3 is 0 Å². The Kier molecular flexibility index (Phi) is 6.02. The van der Waals surface area contributed by atoms with E-state index in [2.05, 4.69) is 40.9 Å². The summed E-state index contributed by atoms with van der Waals surface area (Å²) >= 11 is 2.04. The van der Waals surface area contributed by atoms with E-state index in [1.165, 1.54) is 37.8 Å². The molecule has 1 fully saturated rings. The summed E-state index contributed by atoms with van der Waals surface area (Å²) in [5.41, 5.74) is 1.18. The van der Waals surface area contributed by atoms with Crippen LogP contribution in [0.5, 0.6) is 0 Å². The van der Waals surface area contributed by atoms with Gasteiger partial charge in [0.15, 0.2) is 0 Å². The molecule has 0 amide bonds. The monoisotopic (exact) mass is 293 g/mol. The molecule has 2 rings (SSSR count). The number of nitrogens with one attached hydrogen (secondary N) is 2. The fourth-order valence-electron chi connectivity index (χ4n) is 2.80. The Labute approximate surface area is 127 Å². The second-order valence-electron chi connectivity index (χ2n) is 5.66. The summed E-state index contributed by atoms with van der Waals surface area (Å²) in [5.74, 6) is 0.971. The standard InChI is InChI=1S/C16H27N3S/c1-3-10-17-15-12-14(7-11-18-15)19-13-16(20-2)8-5-4-6-9-16/h7,11-12H,3-6,8-10,13H2,1-2H3,(H2,17,18,19). The highest BCUT2D eigenvalue weighted by molar-refractivity contribution is 8.00. The predicted octanol–water partition coefficient (Wildman–Crippen LogP) is 4.38. The van der Waals surface area contributed by atoms with Gasteiger partial charge in [0.2, 0.25) is 0 Å². The molecule has 0 radical (unpaired) electrons. The van der Waals surface area contributed by atoms with Crippen molar-refractivity contribution in [3.8, 4) is 0 Å². The summed E-state index contributed by atoms with van der Waals surface area (Å²) in [7, 11) is 0. The van der Waals surface area contributed by atoms with Crippen LogP contribution in [0.1, 0.15) is 45.4 Å². The zero-order valence-corrected chi connectivity index (χ0v) is 13.6. The van der Waals surface area contributed by atoms with Crippen LogP contribution in [0.4, 0.5) is 11.5 Å². The van der Waals surface area contributed by atoms with Gasteiger partial charge in [-0.15, -0.1) is 0 Å². The molecule has 1 heterocycles. The lowest BCUT2D eigenvalue weighted by Gasteiger charge is -2.36. The Morgan fingerprint density at radius 3 is 2.75 bits per heavy atom. The van der Waals surface area contributed by atoms with E-state index in [0.29, 0.717) is 4.75 Å². The molecular weight excluding hydrogens is 266 g/mol. The average molecular weight is 293 g/mol. The van der Waals surface area contributed by atoms with E-state index < -0.39 is 0 Å². The van der Waals surface area contributed by atoms with Crippen molar-refractivity contribution in [3.63, 3.8) is 0 Å². The number of hydrogen-bond acceptors (Lipinski definition) is 4. The van der Waals surface area contributed by atoms with Crippen molar-refractivity contribution in [3.05, 3.63) is 18.3 Å². The zero-order valence-electron chi connectivity index (χ0n) is 12.7. The summed E-state index contributed by atoms with van der Waals surface area (Å²) in [4.78, 5) is 4.35. The van der Waals surface area contributed by atoms with E-state index in [0.717, 1.165) is 25.3 Å². The maximum Gasteiger partial charge on any atom is 0.127 e.